The number of aliphatic hydroxyl groups excluding tert-OH is 1. The molecule has 0 radical (unpaired) electrons. The number of nitrogens with one attached hydrogen (secondary N) is 1. The number of benzene rings is 2. The number of alkyl halides is 3. The average Bonchev–Trinajstić information content (AvgIpc) is 3.12. The Morgan fingerprint density at radius 3 is 2.69 bits per heavy atom. The van der Waals surface area contributed by atoms with Crippen LogP contribution in [0.3, 0.4) is 0 Å². The highest BCUT2D eigenvalue weighted by Gasteiger charge is 2.30. The molecule has 0 aromatic heterocycles. The summed E-state index contributed by atoms with van der Waals surface area (Å²) in [5.74, 6) is 0.179. The van der Waals surface area contributed by atoms with Crippen LogP contribution in [0.25, 0.3) is 0 Å². The molecule has 9 heteroatoms. The van der Waals surface area contributed by atoms with Gasteiger partial charge in [-0.15, -0.1) is 24.0 Å². The highest BCUT2D eigenvalue weighted by Crippen LogP contribution is 2.31. The molecular weight excluding hydrogens is 498 g/mol. The number of halogens is 4. The van der Waals surface area contributed by atoms with Crippen molar-refractivity contribution in [1.82, 2.24) is 0 Å². The third kappa shape index (κ3) is 6.77. The number of anilines is 1. The van der Waals surface area contributed by atoms with Crippen molar-refractivity contribution in [2.75, 3.05) is 18.5 Å². The second-order valence-electron chi connectivity index (χ2n) is 6.68. The first-order valence-corrected chi connectivity index (χ1v) is 8.98. The van der Waals surface area contributed by atoms with Crippen molar-refractivity contribution < 1.29 is 23.0 Å². The Hall–Kier alpha value is -2.01. The number of aryl methyl sites for hydroxylation is 2. The van der Waals surface area contributed by atoms with E-state index < -0.39 is 17.8 Å². The van der Waals surface area contributed by atoms with E-state index in [0.29, 0.717) is 0 Å². The molecule has 4 N–H and O–H groups in total. The van der Waals surface area contributed by atoms with E-state index >= 15 is 0 Å². The molecule has 0 bridgehead atoms. The minimum absolute atomic E-state index is 0. The molecule has 2 aromatic carbocycles. The number of ether oxygens (including phenoxy) is 1. The zero-order valence-electron chi connectivity index (χ0n) is 15.6. The van der Waals surface area contributed by atoms with Crippen LogP contribution in [0.2, 0.25) is 0 Å². The fourth-order valence-electron chi connectivity index (χ4n) is 3.05. The summed E-state index contributed by atoms with van der Waals surface area (Å²) in [5, 5.41) is 12.9. The van der Waals surface area contributed by atoms with Crippen LogP contribution < -0.4 is 15.8 Å². The minimum atomic E-state index is -4.44. The summed E-state index contributed by atoms with van der Waals surface area (Å²) in [6.07, 6.45) is -2.15. The molecule has 0 saturated carbocycles. The monoisotopic (exact) mass is 521 g/mol. The molecular formula is C20H23F3IN3O2. The number of guanidine groups is 1. The number of rotatable bonds is 6. The molecule has 0 fully saturated rings. The fourth-order valence-corrected chi connectivity index (χ4v) is 3.05. The van der Waals surface area contributed by atoms with Gasteiger partial charge in [-0.2, -0.15) is 13.2 Å². The van der Waals surface area contributed by atoms with E-state index in [0.717, 1.165) is 37.1 Å². The Morgan fingerprint density at radius 2 is 1.93 bits per heavy atom. The molecule has 0 amide bonds. The van der Waals surface area contributed by atoms with Gasteiger partial charge < -0.3 is 20.9 Å². The Bertz CT molecular complexity index is 859. The van der Waals surface area contributed by atoms with Crippen LogP contribution in [0, 0.1) is 0 Å². The molecule has 1 aliphatic rings. The predicted molar refractivity (Wildman–Crippen MR) is 117 cm³/mol. The Morgan fingerprint density at radius 1 is 1.17 bits per heavy atom. The second-order valence-corrected chi connectivity index (χ2v) is 6.68. The summed E-state index contributed by atoms with van der Waals surface area (Å²) in [6.45, 7) is -0.236. The highest BCUT2D eigenvalue weighted by molar-refractivity contribution is 14.0. The molecule has 158 valence electrons. The molecule has 0 heterocycles. The van der Waals surface area contributed by atoms with E-state index in [1.807, 2.05) is 12.1 Å². The Labute approximate surface area is 184 Å². The topological polar surface area (TPSA) is 79.9 Å². The van der Waals surface area contributed by atoms with Gasteiger partial charge in [-0.3, -0.25) is 4.99 Å². The van der Waals surface area contributed by atoms with Crippen LogP contribution in [-0.2, 0) is 19.0 Å². The van der Waals surface area contributed by atoms with Crippen LogP contribution in [0.5, 0.6) is 5.75 Å². The van der Waals surface area contributed by atoms with Crippen molar-refractivity contribution in [3.8, 4) is 5.75 Å². The first kappa shape index (κ1) is 23.3. The maximum atomic E-state index is 12.7. The lowest BCUT2D eigenvalue weighted by Crippen LogP contribution is -2.27. The van der Waals surface area contributed by atoms with Gasteiger partial charge in [-0.05, 0) is 60.7 Å². The summed E-state index contributed by atoms with van der Waals surface area (Å²) < 4.78 is 43.3. The zero-order chi connectivity index (χ0) is 20.1. The summed E-state index contributed by atoms with van der Waals surface area (Å²) in [6, 6.07) is 10.5. The lowest BCUT2D eigenvalue weighted by Gasteiger charge is -2.13. The first-order chi connectivity index (χ1) is 13.3. The smallest absolute Gasteiger partial charge is 0.416 e. The molecule has 29 heavy (non-hydrogen) atoms. The number of hydrogen-bond acceptors (Lipinski definition) is 3. The largest absolute Gasteiger partial charge is 0.491 e. The number of nitrogens with zero attached hydrogens (tertiary/aromatic N) is 1. The number of fused-ring (bicyclic) bond motifs is 1. The molecule has 1 atom stereocenters. The summed E-state index contributed by atoms with van der Waals surface area (Å²) in [4.78, 5) is 4.06. The zero-order valence-corrected chi connectivity index (χ0v) is 17.9. The SMILES string of the molecule is I.NC(=NCC(O)COc1cccc(C(F)(F)F)c1)Nc1ccc2c(c1)CCC2. The third-order valence-electron chi connectivity index (χ3n) is 4.45. The van der Waals surface area contributed by atoms with Gasteiger partial charge in [0, 0.05) is 5.69 Å². The first-order valence-electron chi connectivity index (χ1n) is 8.98. The van der Waals surface area contributed by atoms with Gasteiger partial charge >= 0.3 is 6.18 Å². The van der Waals surface area contributed by atoms with Crippen LogP contribution in [0.1, 0.15) is 23.1 Å². The molecule has 3 rings (SSSR count). The van der Waals surface area contributed by atoms with Crippen LogP contribution in [0.4, 0.5) is 18.9 Å². The number of nitrogens with two attached hydrogens (primary N) is 1. The van der Waals surface area contributed by atoms with Gasteiger partial charge in [-0.1, -0.05) is 12.1 Å². The van der Waals surface area contributed by atoms with E-state index in [2.05, 4.69) is 16.4 Å². The van der Waals surface area contributed by atoms with Gasteiger partial charge in [0.15, 0.2) is 5.96 Å². The standard InChI is InChI=1S/C20H22F3N3O2.HI/c21-20(22,23)15-5-2-6-18(10-15)28-12-17(27)11-25-19(24)26-16-8-7-13-3-1-4-14(13)9-16;/h2,5-10,17,27H,1,3-4,11-12H2,(H3,24,25,26);1H. The number of aliphatic hydroxyl groups is 1. The van der Waals surface area contributed by atoms with Crippen molar-refractivity contribution in [2.45, 2.75) is 31.5 Å². The van der Waals surface area contributed by atoms with Crippen molar-refractivity contribution >= 4 is 35.6 Å². The molecule has 0 spiro atoms. The lowest BCUT2D eigenvalue weighted by molar-refractivity contribution is -0.137. The van der Waals surface area contributed by atoms with Gasteiger partial charge in [0.25, 0.3) is 0 Å². The van der Waals surface area contributed by atoms with Crippen LogP contribution in [0.15, 0.2) is 47.5 Å². The highest BCUT2D eigenvalue weighted by atomic mass is 127. The van der Waals surface area contributed by atoms with Crippen molar-refractivity contribution in [2.24, 2.45) is 10.7 Å². The van der Waals surface area contributed by atoms with E-state index in [-0.39, 0.29) is 48.8 Å². The quantitative estimate of drug-likeness (QED) is 0.306. The van der Waals surface area contributed by atoms with Gasteiger partial charge in [-0.25, -0.2) is 0 Å². The molecule has 0 saturated heterocycles. The summed E-state index contributed by atoms with van der Waals surface area (Å²) in [5.41, 5.74) is 8.51. The summed E-state index contributed by atoms with van der Waals surface area (Å²) in [7, 11) is 0. The number of hydrogen-bond donors (Lipinski definition) is 3. The Balaban J connectivity index is 0.00000300. The van der Waals surface area contributed by atoms with Crippen molar-refractivity contribution in [3.63, 3.8) is 0 Å². The maximum Gasteiger partial charge on any atom is 0.416 e. The molecule has 0 aliphatic heterocycles. The number of aliphatic imine (C=N–C) groups is 1. The van der Waals surface area contributed by atoms with Crippen LogP contribution >= 0.6 is 24.0 Å². The lowest BCUT2D eigenvalue weighted by atomic mass is 10.1. The van der Waals surface area contributed by atoms with Gasteiger partial charge in [0.1, 0.15) is 18.5 Å². The second kappa shape index (κ2) is 10.1. The van der Waals surface area contributed by atoms with E-state index in [1.54, 1.807) is 0 Å². The Kier molecular flexibility index (Phi) is 8.14. The van der Waals surface area contributed by atoms with E-state index in [4.69, 9.17) is 10.5 Å². The summed E-state index contributed by atoms with van der Waals surface area (Å²) >= 11 is 0. The predicted octanol–water partition coefficient (Wildman–Crippen LogP) is 3.98. The van der Waals surface area contributed by atoms with Crippen molar-refractivity contribution in [3.05, 3.63) is 59.2 Å². The fraction of sp³-hybridized carbons (Fsp3) is 0.350. The minimum Gasteiger partial charge on any atom is -0.491 e. The van der Waals surface area contributed by atoms with Crippen molar-refractivity contribution in [1.29, 1.82) is 0 Å². The van der Waals surface area contributed by atoms with E-state index in [9.17, 15) is 18.3 Å². The van der Waals surface area contributed by atoms with Crippen LogP contribution in [-0.4, -0.2) is 30.3 Å². The molecule has 5 nitrogen and oxygen atoms in total. The molecule has 2 aromatic rings. The average molecular weight is 521 g/mol. The third-order valence-corrected chi connectivity index (χ3v) is 4.45. The van der Waals surface area contributed by atoms with Gasteiger partial charge in [0.05, 0.1) is 12.1 Å². The molecule has 1 aliphatic carbocycles. The van der Waals surface area contributed by atoms with E-state index in [1.165, 1.54) is 23.3 Å². The van der Waals surface area contributed by atoms with Gasteiger partial charge in [0.2, 0.25) is 0 Å². The maximum absolute atomic E-state index is 12.7. The molecule has 1 unspecified atom stereocenters. The normalized spacial score (nSPS) is 14.7.